The highest BCUT2D eigenvalue weighted by atomic mass is 16.5. The summed E-state index contributed by atoms with van der Waals surface area (Å²) in [5, 5.41) is 6.01. The van der Waals surface area contributed by atoms with Gasteiger partial charge in [-0.2, -0.15) is 0 Å². The van der Waals surface area contributed by atoms with E-state index in [1.165, 1.54) is 7.11 Å². The topological polar surface area (TPSA) is 67.4 Å². The minimum absolute atomic E-state index is 0.0667. The lowest BCUT2D eigenvalue weighted by atomic mass is 10.1. The molecule has 1 amide bonds. The molecule has 126 valence electrons. The summed E-state index contributed by atoms with van der Waals surface area (Å²) in [5.74, 6) is -0.519. The van der Waals surface area contributed by atoms with Gasteiger partial charge in [-0.15, -0.1) is 0 Å². The Morgan fingerprint density at radius 2 is 1.83 bits per heavy atom. The SMILES string of the molecule is COC(=O)c1ccc(C)c(NCC(=O)N[C@@H](C)c2ccccc2)c1. The van der Waals surface area contributed by atoms with E-state index in [2.05, 4.69) is 10.6 Å². The van der Waals surface area contributed by atoms with Crippen molar-refractivity contribution in [2.45, 2.75) is 19.9 Å². The molecule has 2 rings (SSSR count). The Morgan fingerprint density at radius 1 is 1.12 bits per heavy atom. The van der Waals surface area contributed by atoms with Crippen LogP contribution in [-0.2, 0) is 9.53 Å². The zero-order valence-corrected chi connectivity index (χ0v) is 14.1. The number of ether oxygens (including phenoxy) is 1. The van der Waals surface area contributed by atoms with Gasteiger partial charge in [-0.1, -0.05) is 36.4 Å². The first-order chi connectivity index (χ1) is 11.5. The van der Waals surface area contributed by atoms with Gasteiger partial charge in [-0.3, -0.25) is 4.79 Å². The molecule has 0 saturated heterocycles. The van der Waals surface area contributed by atoms with Crippen molar-refractivity contribution >= 4 is 17.6 Å². The van der Waals surface area contributed by atoms with Crippen molar-refractivity contribution in [1.82, 2.24) is 5.32 Å². The van der Waals surface area contributed by atoms with Crippen LogP contribution in [0.1, 0.15) is 34.5 Å². The quantitative estimate of drug-likeness (QED) is 0.801. The summed E-state index contributed by atoms with van der Waals surface area (Å²) < 4.78 is 4.71. The summed E-state index contributed by atoms with van der Waals surface area (Å²) in [6, 6.07) is 14.9. The van der Waals surface area contributed by atoms with E-state index in [-0.39, 0.29) is 18.5 Å². The predicted molar refractivity (Wildman–Crippen MR) is 94.0 cm³/mol. The maximum atomic E-state index is 12.1. The normalized spacial score (nSPS) is 11.5. The molecule has 0 aliphatic heterocycles. The maximum absolute atomic E-state index is 12.1. The number of methoxy groups -OCH3 is 1. The van der Waals surface area contributed by atoms with Crippen LogP contribution >= 0.6 is 0 Å². The van der Waals surface area contributed by atoms with Gasteiger partial charge in [0.15, 0.2) is 0 Å². The molecular formula is C19H22N2O3. The number of nitrogens with one attached hydrogen (secondary N) is 2. The summed E-state index contributed by atoms with van der Waals surface area (Å²) in [7, 11) is 1.34. The van der Waals surface area contributed by atoms with E-state index < -0.39 is 5.97 Å². The zero-order chi connectivity index (χ0) is 17.5. The van der Waals surface area contributed by atoms with Crippen LogP contribution in [0.15, 0.2) is 48.5 Å². The summed E-state index contributed by atoms with van der Waals surface area (Å²) in [4.78, 5) is 23.7. The van der Waals surface area contributed by atoms with Gasteiger partial charge in [0.05, 0.1) is 25.3 Å². The Kier molecular flexibility index (Phi) is 5.95. The van der Waals surface area contributed by atoms with Crippen LogP contribution in [0.4, 0.5) is 5.69 Å². The van der Waals surface area contributed by atoms with Gasteiger partial charge in [-0.25, -0.2) is 4.79 Å². The zero-order valence-electron chi connectivity index (χ0n) is 14.1. The average molecular weight is 326 g/mol. The molecule has 0 spiro atoms. The maximum Gasteiger partial charge on any atom is 0.337 e. The summed E-state index contributed by atoms with van der Waals surface area (Å²) in [5.41, 5.74) is 3.19. The molecule has 0 saturated carbocycles. The van der Waals surface area contributed by atoms with Crippen LogP contribution in [0.2, 0.25) is 0 Å². The fraction of sp³-hybridized carbons (Fsp3) is 0.263. The third-order valence-corrected chi connectivity index (χ3v) is 3.78. The molecule has 5 nitrogen and oxygen atoms in total. The molecule has 0 radical (unpaired) electrons. The standard InChI is InChI=1S/C19H22N2O3/c1-13-9-10-16(19(23)24-3)11-17(13)20-12-18(22)21-14(2)15-7-5-4-6-8-15/h4-11,14,20H,12H2,1-3H3,(H,21,22)/t14-/m0/s1. The van der Waals surface area contributed by atoms with Gasteiger partial charge in [0, 0.05) is 5.69 Å². The molecule has 2 aromatic rings. The smallest absolute Gasteiger partial charge is 0.337 e. The Bertz CT molecular complexity index is 714. The number of carbonyl (C=O) groups excluding carboxylic acids is 2. The molecule has 0 fully saturated rings. The lowest BCUT2D eigenvalue weighted by molar-refractivity contribution is -0.120. The number of rotatable bonds is 6. The number of carbonyl (C=O) groups is 2. The summed E-state index contributed by atoms with van der Waals surface area (Å²) >= 11 is 0. The Hall–Kier alpha value is -2.82. The lowest BCUT2D eigenvalue weighted by Gasteiger charge is -2.16. The molecular weight excluding hydrogens is 304 g/mol. The second-order valence-corrected chi connectivity index (χ2v) is 5.57. The second kappa shape index (κ2) is 8.15. The van der Waals surface area contributed by atoms with Gasteiger partial charge in [-0.05, 0) is 37.1 Å². The van der Waals surface area contributed by atoms with E-state index in [1.54, 1.807) is 12.1 Å². The van der Waals surface area contributed by atoms with Crippen molar-refractivity contribution in [3.8, 4) is 0 Å². The molecule has 0 unspecified atom stereocenters. The summed E-state index contributed by atoms with van der Waals surface area (Å²) in [6.07, 6.45) is 0. The Balaban J connectivity index is 1.95. The van der Waals surface area contributed by atoms with Gasteiger partial charge in [0.2, 0.25) is 5.91 Å². The van der Waals surface area contributed by atoms with Crippen molar-refractivity contribution in [3.63, 3.8) is 0 Å². The van der Waals surface area contributed by atoms with Crippen molar-refractivity contribution in [2.75, 3.05) is 19.0 Å². The number of aryl methyl sites for hydroxylation is 1. The molecule has 0 heterocycles. The molecule has 2 aromatic carbocycles. The highest BCUT2D eigenvalue weighted by Gasteiger charge is 2.11. The van der Waals surface area contributed by atoms with Crippen LogP contribution in [0.25, 0.3) is 0 Å². The first-order valence-corrected chi connectivity index (χ1v) is 7.78. The monoisotopic (exact) mass is 326 g/mol. The Labute approximate surface area is 142 Å². The molecule has 1 atom stereocenters. The van der Waals surface area contributed by atoms with Gasteiger partial charge in [0.1, 0.15) is 0 Å². The van der Waals surface area contributed by atoms with E-state index in [0.717, 1.165) is 16.8 Å². The summed E-state index contributed by atoms with van der Waals surface area (Å²) in [6.45, 7) is 3.98. The van der Waals surface area contributed by atoms with E-state index in [9.17, 15) is 9.59 Å². The first-order valence-electron chi connectivity index (χ1n) is 7.78. The third-order valence-electron chi connectivity index (χ3n) is 3.78. The van der Waals surface area contributed by atoms with Crippen LogP contribution in [0.3, 0.4) is 0 Å². The third kappa shape index (κ3) is 4.59. The van der Waals surface area contributed by atoms with Crippen molar-refractivity contribution in [1.29, 1.82) is 0 Å². The van der Waals surface area contributed by atoms with Crippen molar-refractivity contribution in [3.05, 3.63) is 65.2 Å². The van der Waals surface area contributed by atoms with Crippen LogP contribution in [0.5, 0.6) is 0 Å². The largest absolute Gasteiger partial charge is 0.465 e. The number of hydrogen-bond donors (Lipinski definition) is 2. The van der Waals surface area contributed by atoms with Gasteiger partial charge < -0.3 is 15.4 Å². The average Bonchev–Trinajstić information content (AvgIpc) is 2.61. The fourth-order valence-corrected chi connectivity index (χ4v) is 2.35. The number of benzene rings is 2. The minimum Gasteiger partial charge on any atom is -0.465 e. The van der Waals surface area contributed by atoms with E-state index >= 15 is 0 Å². The molecule has 0 aliphatic rings. The number of anilines is 1. The minimum atomic E-state index is -0.403. The molecule has 0 aromatic heterocycles. The molecule has 24 heavy (non-hydrogen) atoms. The molecule has 0 bridgehead atoms. The van der Waals surface area contributed by atoms with Crippen LogP contribution < -0.4 is 10.6 Å². The van der Waals surface area contributed by atoms with E-state index in [0.29, 0.717) is 5.56 Å². The second-order valence-electron chi connectivity index (χ2n) is 5.57. The van der Waals surface area contributed by atoms with Gasteiger partial charge >= 0.3 is 5.97 Å². The number of amides is 1. The Morgan fingerprint density at radius 3 is 2.50 bits per heavy atom. The van der Waals surface area contributed by atoms with Crippen LogP contribution in [-0.4, -0.2) is 25.5 Å². The fourth-order valence-electron chi connectivity index (χ4n) is 2.35. The van der Waals surface area contributed by atoms with Gasteiger partial charge in [0.25, 0.3) is 0 Å². The van der Waals surface area contributed by atoms with Crippen molar-refractivity contribution < 1.29 is 14.3 Å². The van der Waals surface area contributed by atoms with Crippen molar-refractivity contribution in [2.24, 2.45) is 0 Å². The molecule has 2 N–H and O–H groups in total. The molecule has 0 aliphatic carbocycles. The lowest BCUT2D eigenvalue weighted by Crippen LogP contribution is -2.32. The van der Waals surface area contributed by atoms with Crippen LogP contribution in [0, 0.1) is 6.92 Å². The highest BCUT2D eigenvalue weighted by Crippen LogP contribution is 2.17. The van der Waals surface area contributed by atoms with E-state index in [4.69, 9.17) is 4.74 Å². The van der Waals surface area contributed by atoms with E-state index in [1.807, 2.05) is 50.2 Å². The highest BCUT2D eigenvalue weighted by molar-refractivity contribution is 5.91. The first kappa shape index (κ1) is 17.5. The number of esters is 1. The predicted octanol–water partition coefficient (Wildman–Crippen LogP) is 3.07. The molecule has 5 heteroatoms. The number of hydrogen-bond acceptors (Lipinski definition) is 4.